The van der Waals surface area contributed by atoms with Gasteiger partial charge in [-0.2, -0.15) is 0 Å². The first-order chi connectivity index (χ1) is 9.60. The largest absolute Gasteiger partial charge is 0.474 e. The number of carbonyl (C=O) groups excluding carboxylic acids is 1. The van der Waals surface area contributed by atoms with Crippen LogP contribution in [-0.4, -0.2) is 22.5 Å². The number of nitrogens with zero attached hydrogens (tertiary/aromatic N) is 1. The third-order valence-corrected chi connectivity index (χ3v) is 2.75. The molecule has 0 saturated heterocycles. The highest BCUT2D eigenvalue weighted by atomic mass is 16.6. The summed E-state index contributed by atoms with van der Waals surface area (Å²) in [5.74, 6) is -0.637. The van der Waals surface area contributed by atoms with Crippen molar-refractivity contribution in [3.8, 4) is 5.75 Å². The first kappa shape index (κ1) is 16.9. The number of primary amides is 1. The van der Waals surface area contributed by atoms with E-state index in [-0.39, 0.29) is 17.0 Å². The topological polar surface area (TPSA) is 107 Å². The van der Waals surface area contributed by atoms with E-state index in [9.17, 15) is 14.9 Å². The molecular formula is C14H21N3O4. The predicted octanol–water partition coefficient (Wildman–Crippen LogP) is 1.74. The summed E-state index contributed by atoms with van der Waals surface area (Å²) in [6.45, 7) is 8.04. The van der Waals surface area contributed by atoms with Gasteiger partial charge in [-0.15, -0.1) is 0 Å². The zero-order valence-electron chi connectivity index (χ0n) is 12.7. The number of hydrogen-bond acceptors (Lipinski definition) is 5. The van der Waals surface area contributed by atoms with Crippen LogP contribution in [0.5, 0.6) is 5.75 Å². The van der Waals surface area contributed by atoms with Crippen LogP contribution in [0.2, 0.25) is 0 Å². The van der Waals surface area contributed by atoms with Gasteiger partial charge in [0, 0.05) is 18.2 Å². The Morgan fingerprint density at radius 3 is 2.57 bits per heavy atom. The highest BCUT2D eigenvalue weighted by molar-refractivity contribution is 5.78. The van der Waals surface area contributed by atoms with Gasteiger partial charge in [-0.05, 0) is 39.3 Å². The second-order valence-electron chi connectivity index (χ2n) is 5.83. The van der Waals surface area contributed by atoms with Crippen LogP contribution in [-0.2, 0) is 11.3 Å². The summed E-state index contributed by atoms with van der Waals surface area (Å²) in [5, 5.41) is 14.3. The Morgan fingerprint density at radius 2 is 2.10 bits per heavy atom. The molecule has 0 saturated carbocycles. The SMILES string of the molecule is CC(Oc1cc(CNC(C)(C)C)ccc1[N+](=O)[O-])C(N)=O. The van der Waals surface area contributed by atoms with E-state index < -0.39 is 16.9 Å². The highest BCUT2D eigenvalue weighted by Crippen LogP contribution is 2.29. The van der Waals surface area contributed by atoms with Crippen LogP contribution in [0, 0.1) is 10.1 Å². The number of benzene rings is 1. The quantitative estimate of drug-likeness (QED) is 0.614. The molecule has 0 aliphatic heterocycles. The molecule has 1 amide bonds. The highest BCUT2D eigenvalue weighted by Gasteiger charge is 2.20. The van der Waals surface area contributed by atoms with Crippen molar-refractivity contribution in [3.05, 3.63) is 33.9 Å². The second kappa shape index (κ2) is 6.53. The molecule has 116 valence electrons. The second-order valence-corrected chi connectivity index (χ2v) is 5.83. The molecule has 0 heterocycles. The molecule has 21 heavy (non-hydrogen) atoms. The van der Waals surface area contributed by atoms with Crippen molar-refractivity contribution in [2.45, 2.75) is 45.9 Å². The molecule has 1 aromatic rings. The molecular weight excluding hydrogens is 274 g/mol. The van der Waals surface area contributed by atoms with E-state index >= 15 is 0 Å². The number of amides is 1. The summed E-state index contributed by atoms with van der Waals surface area (Å²) in [7, 11) is 0. The predicted molar refractivity (Wildman–Crippen MR) is 79.0 cm³/mol. The molecule has 1 unspecified atom stereocenters. The van der Waals surface area contributed by atoms with Crippen molar-refractivity contribution in [1.29, 1.82) is 0 Å². The van der Waals surface area contributed by atoms with Gasteiger partial charge in [-0.25, -0.2) is 0 Å². The van der Waals surface area contributed by atoms with Gasteiger partial charge in [0.25, 0.3) is 5.91 Å². The zero-order chi connectivity index (χ0) is 16.2. The van der Waals surface area contributed by atoms with E-state index in [1.54, 1.807) is 12.1 Å². The average molecular weight is 295 g/mol. The van der Waals surface area contributed by atoms with Crippen LogP contribution in [0.25, 0.3) is 0 Å². The Bertz CT molecular complexity index is 538. The first-order valence-electron chi connectivity index (χ1n) is 6.58. The lowest BCUT2D eigenvalue weighted by atomic mass is 10.1. The van der Waals surface area contributed by atoms with Crippen LogP contribution in [0.3, 0.4) is 0 Å². The number of rotatable bonds is 6. The fraction of sp³-hybridized carbons (Fsp3) is 0.500. The molecule has 0 spiro atoms. The summed E-state index contributed by atoms with van der Waals surface area (Å²) in [4.78, 5) is 21.5. The zero-order valence-corrected chi connectivity index (χ0v) is 12.7. The van der Waals surface area contributed by atoms with Gasteiger partial charge in [0.15, 0.2) is 11.9 Å². The smallest absolute Gasteiger partial charge is 0.310 e. The molecule has 1 rings (SSSR count). The molecule has 0 aliphatic rings. The van der Waals surface area contributed by atoms with Gasteiger partial charge < -0.3 is 15.8 Å². The fourth-order valence-electron chi connectivity index (χ4n) is 1.53. The Kier molecular flexibility index (Phi) is 5.26. The molecule has 0 fully saturated rings. The molecule has 1 atom stereocenters. The van der Waals surface area contributed by atoms with E-state index in [2.05, 4.69) is 5.32 Å². The lowest BCUT2D eigenvalue weighted by Crippen LogP contribution is -2.35. The van der Waals surface area contributed by atoms with E-state index in [1.807, 2.05) is 20.8 Å². The van der Waals surface area contributed by atoms with Crippen LogP contribution < -0.4 is 15.8 Å². The van der Waals surface area contributed by atoms with Gasteiger partial charge in [0.2, 0.25) is 0 Å². The summed E-state index contributed by atoms with van der Waals surface area (Å²) < 4.78 is 5.30. The molecule has 3 N–H and O–H groups in total. The van der Waals surface area contributed by atoms with Crippen molar-refractivity contribution in [1.82, 2.24) is 5.32 Å². The van der Waals surface area contributed by atoms with Crippen molar-refractivity contribution >= 4 is 11.6 Å². The minimum atomic E-state index is -0.936. The molecule has 7 nitrogen and oxygen atoms in total. The van der Waals surface area contributed by atoms with Crippen molar-refractivity contribution in [2.24, 2.45) is 5.73 Å². The van der Waals surface area contributed by atoms with Gasteiger partial charge >= 0.3 is 5.69 Å². The standard InChI is InChI=1S/C14H21N3O4/c1-9(13(15)18)21-12-7-10(8-16-14(2,3)4)5-6-11(12)17(19)20/h5-7,9,16H,8H2,1-4H3,(H2,15,18). The Hall–Kier alpha value is -2.15. The van der Waals surface area contributed by atoms with Crippen molar-refractivity contribution in [3.63, 3.8) is 0 Å². The Morgan fingerprint density at radius 1 is 1.48 bits per heavy atom. The number of nitrogens with one attached hydrogen (secondary N) is 1. The third kappa shape index (κ3) is 5.39. The van der Waals surface area contributed by atoms with Crippen molar-refractivity contribution < 1.29 is 14.5 Å². The van der Waals surface area contributed by atoms with Gasteiger partial charge in [-0.3, -0.25) is 14.9 Å². The Balaban J connectivity index is 3.00. The minimum absolute atomic E-state index is 0.0412. The number of carbonyl (C=O) groups is 1. The van der Waals surface area contributed by atoms with E-state index in [0.29, 0.717) is 6.54 Å². The lowest BCUT2D eigenvalue weighted by Gasteiger charge is -2.21. The number of ether oxygens (including phenoxy) is 1. The summed E-state index contributed by atoms with van der Waals surface area (Å²) >= 11 is 0. The Labute approximate surface area is 123 Å². The molecule has 7 heteroatoms. The van der Waals surface area contributed by atoms with Crippen LogP contribution in [0.1, 0.15) is 33.3 Å². The third-order valence-electron chi connectivity index (χ3n) is 2.75. The van der Waals surface area contributed by atoms with E-state index in [4.69, 9.17) is 10.5 Å². The maximum absolute atomic E-state index is 11.0. The van der Waals surface area contributed by atoms with Crippen LogP contribution in [0.4, 0.5) is 5.69 Å². The normalized spacial score (nSPS) is 12.8. The van der Waals surface area contributed by atoms with Crippen LogP contribution >= 0.6 is 0 Å². The molecule has 1 aromatic carbocycles. The van der Waals surface area contributed by atoms with Gasteiger partial charge in [-0.1, -0.05) is 6.07 Å². The summed E-state index contributed by atoms with van der Waals surface area (Å²) in [6, 6.07) is 4.57. The minimum Gasteiger partial charge on any atom is -0.474 e. The molecule has 0 bridgehead atoms. The van der Waals surface area contributed by atoms with Crippen molar-refractivity contribution in [2.75, 3.05) is 0 Å². The lowest BCUT2D eigenvalue weighted by molar-refractivity contribution is -0.386. The maximum Gasteiger partial charge on any atom is 0.310 e. The maximum atomic E-state index is 11.0. The summed E-state index contributed by atoms with van der Waals surface area (Å²) in [5.41, 5.74) is 5.67. The number of hydrogen-bond donors (Lipinski definition) is 2. The van der Waals surface area contributed by atoms with Gasteiger partial charge in [0.1, 0.15) is 0 Å². The van der Waals surface area contributed by atoms with Crippen LogP contribution in [0.15, 0.2) is 18.2 Å². The summed E-state index contributed by atoms with van der Waals surface area (Å²) in [6.07, 6.45) is -0.936. The first-order valence-corrected chi connectivity index (χ1v) is 6.58. The van der Waals surface area contributed by atoms with Gasteiger partial charge in [0.05, 0.1) is 4.92 Å². The molecule has 0 aliphatic carbocycles. The molecule has 0 radical (unpaired) electrons. The van der Waals surface area contributed by atoms with E-state index in [0.717, 1.165) is 5.56 Å². The average Bonchev–Trinajstić information content (AvgIpc) is 2.35. The van der Waals surface area contributed by atoms with E-state index in [1.165, 1.54) is 13.0 Å². The number of nitrogens with two attached hydrogens (primary N) is 1. The number of nitro groups is 1. The monoisotopic (exact) mass is 295 g/mol. The number of nitro benzene ring substituents is 1. The molecule has 0 aromatic heterocycles. The fourth-order valence-corrected chi connectivity index (χ4v) is 1.53.